The van der Waals surface area contributed by atoms with Crippen LogP contribution < -0.4 is 10.1 Å². The quantitative estimate of drug-likeness (QED) is 0.791. The number of hydrogen-bond donors (Lipinski definition) is 2. The van der Waals surface area contributed by atoms with E-state index in [-0.39, 0.29) is 12.1 Å². The molecule has 0 aliphatic rings. The Labute approximate surface area is 88.9 Å². The van der Waals surface area contributed by atoms with Gasteiger partial charge in [0.1, 0.15) is 17.2 Å². The summed E-state index contributed by atoms with van der Waals surface area (Å²) >= 11 is 0. The molecular weight excluding hydrogens is 197 g/mol. The van der Waals surface area contributed by atoms with Crippen molar-refractivity contribution in [2.45, 2.75) is 12.5 Å². The third-order valence-corrected chi connectivity index (χ3v) is 2.25. The number of nitrogens with one attached hydrogen (secondary N) is 1. The molecule has 0 amide bonds. The molecule has 15 heavy (non-hydrogen) atoms. The lowest BCUT2D eigenvalue weighted by atomic mass is 9.94. The van der Waals surface area contributed by atoms with Crippen molar-refractivity contribution < 1.29 is 14.2 Å². The highest BCUT2D eigenvalue weighted by Gasteiger charge is 2.29. The Hall–Kier alpha value is -1.13. The van der Waals surface area contributed by atoms with Gasteiger partial charge in [-0.3, -0.25) is 0 Å². The first-order chi connectivity index (χ1) is 7.03. The monoisotopic (exact) mass is 213 g/mol. The molecule has 1 atom stereocenters. The van der Waals surface area contributed by atoms with Crippen molar-refractivity contribution in [3.8, 4) is 5.75 Å². The highest BCUT2D eigenvalue weighted by molar-refractivity contribution is 5.39. The first-order valence-corrected chi connectivity index (χ1v) is 4.73. The van der Waals surface area contributed by atoms with Crippen LogP contribution in [0.4, 0.5) is 4.39 Å². The van der Waals surface area contributed by atoms with E-state index in [0.717, 1.165) is 0 Å². The molecule has 1 rings (SSSR count). The fraction of sp³-hybridized carbons (Fsp3) is 0.455. The molecule has 0 aromatic heterocycles. The van der Waals surface area contributed by atoms with Crippen molar-refractivity contribution in [2.75, 3.05) is 20.7 Å². The minimum absolute atomic E-state index is 0.182. The summed E-state index contributed by atoms with van der Waals surface area (Å²) in [7, 11) is 3.15. The highest BCUT2D eigenvalue weighted by atomic mass is 19.1. The Morgan fingerprint density at radius 3 is 2.73 bits per heavy atom. The average Bonchev–Trinajstić information content (AvgIpc) is 2.16. The minimum atomic E-state index is -1.29. The van der Waals surface area contributed by atoms with Crippen molar-refractivity contribution >= 4 is 0 Å². The number of halogens is 1. The summed E-state index contributed by atoms with van der Waals surface area (Å²) in [5, 5.41) is 12.9. The second-order valence-electron chi connectivity index (χ2n) is 3.62. The molecule has 84 valence electrons. The molecule has 4 heteroatoms. The number of benzene rings is 1. The number of hydrogen-bond acceptors (Lipinski definition) is 3. The molecule has 0 aliphatic heterocycles. The second kappa shape index (κ2) is 4.59. The lowest BCUT2D eigenvalue weighted by Crippen LogP contribution is -2.34. The van der Waals surface area contributed by atoms with Crippen LogP contribution in [0.1, 0.15) is 12.5 Å². The third-order valence-electron chi connectivity index (χ3n) is 2.25. The Morgan fingerprint density at radius 1 is 1.53 bits per heavy atom. The van der Waals surface area contributed by atoms with Crippen molar-refractivity contribution in [2.24, 2.45) is 0 Å². The molecule has 1 aromatic rings. The van der Waals surface area contributed by atoms with Gasteiger partial charge in [-0.2, -0.15) is 0 Å². The zero-order valence-corrected chi connectivity index (χ0v) is 9.17. The number of ether oxygens (including phenoxy) is 1. The van der Waals surface area contributed by atoms with Gasteiger partial charge in [-0.05, 0) is 26.1 Å². The van der Waals surface area contributed by atoms with Gasteiger partial charge in [0.15, 0.2) is 0 Å². The van der Waals surface area contributed by atoms with E-state index in [1.165, 1.54) is 13.2 Å². The van der Waals surface area contributed by atoms with Gasteiger partial charge in [0.05, 0.1) is 12.7 Å². The molecule has 1 unspecified atom stereocenters. The van der Waals surface area contributed by atoms with Crippen LogP contribution in [-0.2, 0) is 5.60 Å². The van der Waals surface area contributed by atoms with Gasteiger partial charge in [-0.25, -0.2) is 4.39 Å². The summed E-state index contributed by atoms with van der Waals surface area (Å²) in [5.41, 5.74) is -1.10. The van der Waals surface area contributed by atoms with Gasteiger partial charge in [0, 0.05) is 6.54 Å². The first-order valence-electron chi connectivity index (χ1n) is 4.73. The Kier molecular flexibility index (Phi) is 3.66. The molecule has 0 fully saturated rings. The lowest BCUT2D eigenvalue weighted by molar-refractivity contribution is 0.0526. The molecule has 0 heterocycles. The minimum Gasteiger partial charge on any atom is -0.496 e. The van der Waals surface area contributed by atoms with E-state index in [4.69, 9.17) is 4.74 Å². The smallest absolute Gasteiger partial charge is 0.133 e. The third kappa shape index (κ3) is 2.46. The first kappa shape index (κ1) is 11.9. The molecule has 0 bridgehead atoms. The van der Waals surface area contributed by atoms with Crippen LogP contribution in [0.25, 0.3) is 0 Å². The Morgan fingerprint density at radius 2 is 2.20 bits per heavy atom. The van der Waals surface area contributed by atoms with Crippen LogP contribution in [0.5, 0.6) is 5.75 Å². The Bertz CT molecular complexity index is 339. The standard InChI is InChI=1S/C11H16FNO2/c1-11(14,7-13-2)10-8(12)5-4-6-9(10)15-3/h4-6,13-14H,7H2,1-3H3. The largest absolute Gasteiger partial charge is 0.496 e. The van der Waals surface area contributed by atoms with Gasteiger partial charge >= 0.3 is 0 Å². The molecule has 0 spiro atoms. The SMILES string of the molecule is CNCC(C)(O)c1c(F)cccc1OC. The molecule has 0 aliphatic carbocycles. The van der Waals surface area contributed by atoms with Crippen molar-refractivity contribution in [1.29, 1.82) is 0 Å². The average molecular weight is 213 g/mol. The zero-order valence-electron chi connectivity index (χ0n) is 9.17. The predicted molar refractivity (Wildman–Crippen MR) is 56.4 cm³/mol. The summed E-state index contributed by atoms with van der Waals surface area (Å²) in [5.74, 6) is -0.107. The van der Waals surface area contributed by atoms with Crippen molar-refractivity contribution in [1.82, 2.24) is 5.32 Å². The van der Waals surface area contributed by atoms with Crippen molar-refractivity contribution in [3.63, 3.8) is 0 Å². The van der Waals surface area contributed by atoms with E-state index < -0.39 is 11.4 Å². The Balaban J connectivity index is 3.21. The molecule has 0 saturated heterocycles. The van der Waals surface area contributed by atoms with E-state index in [1.807, 2.05) is 0 Å². The summed E-state index contributed by atoms with van der Waals surface area (Å²) in [4.78, 5) is 0. The van der Waals surface area contributed by atoms with Crippen molar-refractivity contribution in [3.05, 3.63) is 29.6 Å². The molecule has 3 nitrogen and oxygen atoms in total. The molecule has 2 N–H and O–H groups in total. The van der Waals surface area contributed by atoms with Crippen LogP contribution in [0.15, 0.2) is 18.2 Å². The van der Waals surface area contributed by atoms with Gasteiger partial charge in [0.2, 0.25) is 0 Å². The van der Waals surface area contributed by atoms with E-state index >= 15 is 0 Å². The summed E-state index contributed by atoms with van der Waals surface area (Å²) in [6.07, 6.45) is 0. The van der Waals surface area contributed by atoms with Gasteiger partial charge in [-0.1, -0.05) is 6.07 Å². The van der Waals surface area contributed by atoms with Crippen LogP contribution >= 0.6 is 0 Å². The van der Waals surface area contributed by atoms with Crippen LogP contribution in [0.2, 0.25) is 0 Å². The maximum absolute atomic E-state index is 13.6. The maximum Gasteiger partial charge on any atom is 0.133 e. The fourth-order valence-electron chi connectivity index (χ4n) is 1.63. The lowest BCUT2D eigenvalue weighted by Gasteiger charge is -2.25. The van der Waals surface area contributed by atoms with E-state index in [2.05, 4.69) is 5.32 Å². The van der Waals surface area contributed by atoms with E-state index in [9.17, 15) is 9.50 Å². The number of likely N-dealkylation sites (N-methyl/N-ethyl adjacent to an activating group) is 1. The molecule has 1 aromatic carbocycles. The van der Waals surface area contributed by atoms with Gasteiger partial charge in [-0.15, -0.1) is 0 Å². The second-order valence-corrected chi connectivity index (χ2v) is 3.62. The highest BCUT2D eigenvalue weighted by Crippen LogP contribution is 2.31. The zero-order chi connectivity index (χ0) is 11.5. The topological polar surface area (TPSA) is 41.5 Å². The fourth-order valence-corrected chi connectivity index (χ4v) is 1.63. The van der Waals surface area contributed by atoms with Crippen LogP contribution in [0, 0.1) is 5.82 Å². The normalized spacial score (nSPS) is 14.7. The number of rotatable bonds is 4. The van der Waals surface area contributed by atoms with Gasteiger partial charge in [0.25, 0.3) is 0 Å². The number of methoxy groups -OCH3 is 1. The van der Waals surface area contributed by atoms with E-state index in [0.29, 0.717) is 5.75 Å². The molecule has 0 radical (unpaired) electrons. The number of aliphatic hydroxyl groups is 1. The van der Waals surface area contributed by atoms with E-state index in [1.54, 1.807) is 26.1 Å². The predicted octanol–water partition coefficient (Wildman–Crippen LogP) is 1.26. The summed E-state index contributed by atoms with van der Waals surface area (Å²) in [6.45, 7) is 1.80. The van der Waals surface area contributed by atoms with Crippen LogP contribution in [-0.4, -0.2) is 25.8 Å². The molecule has 0 saturated carbocycles. The molecular formula is C11H16FNO2. The van der Waals surface area contributed by atoms with Crippen LogP contribution in [0.3, 0.4) is 0 Å². The summed E-state index contributed by atoms with van der Waals surface area (Å²) < 4.78 is 18.6. The summed E-state index contributed by atoms with van der Waals surface area (Å²) in [6, 6.07) is 4.48. The van der Waals surface area contributed by atoms with Gasteiger partial charge < -0.3 is 15.2 Å². The maximum atomic E-state index is 13.6.